The largest absolute Gasteiger partial charge is 0.378 e. The molecule has 0 N–H and O–H groups in total. The van der Waals surface area contributed by atoms with Crippen molar-refractivity contribution in [3.63, 3.8) is 0 Å². The van der Waals surface area contributed by atoms with Crippen LogP contribution in [0.15, 0.2) is 23.1 Å². The number of carbonyl (C=O) groups is 1. The summed E-state index contributed by atoms with van der Waals surface area (Å²) in [6, 6.07) is 3.02. The molecule has 0 spiro atoms. The first kappa shape index (κ1) is 18.3. The predicted octanol–water partition coefficient (Wildman–Crippen LogP) is 0.259. The van der Waals surface area contributed by atoms with Crippen LogP contribution in [0.2, 0.25) is 0 Å². The lowest BCUT2D eigenvalue weighted by molar-refractivity contribution is 0.0299. The van der Waals surface area contributed by atoms with Gasteiger partial charge in [0.25, 0.3) is 5.91 Å². The van der Waals surface area contributed by atoms with Crippen molar-refractivity contribution in [3.8, 4) is 0 Å². The Morgan fingerprint density at radius 1 is 1.24 bits per heavy atom. The lowest BCUT2D eigenvalue weighted by atomic mass is 10.2. The van der Waals surface area contributed by atoms with Gasteiger partial charge in [-0.1, -0.05) is 0 Å². The first-order valence-electron chi connectivity index (χ1n) is 7.81. The lowest BCUT2D eigenvalue weighted by Gasteiger charge is -2.27. The Labute approximate surface area is 145 Å². The van der Waals surface area contributed by atoms with E-state index in [2.05, 4.69) is 0 Å². The van der Waals surface area contributed by atoms with Crippen LogP contribution in [0.3, 0.4) is 0 Å². The van der Waals surface area contributed by atoms with E-state index in [4.69, 9.17) is 4.74 Å². The number of ether oxygens (including phenoxy) is 1. The summed E-state index contributed by atoms with van der Waals surface area (Å²) in [5, 5.41) is -1.06. The number of halogens is 1. The molecule has 0 aromatic heterocycles. The third-order valence-electron chi connectivity index (χ3n) is 4.42. The quantitative estimate of drug-likeness (QED) is 0.686. The molecule has 1 aromatic rings. The highest BCUT2D eigenvalue weighted by atomic mass is 32.2. The van der Waals surface area contributed by atoms with Crippen molar-refractivity contribution >= 4 is 25.6 Å². The Morgan fingerprint density at radius 2 is 1.92 bits per heavy atom. The average Bonchev–Trinajstić information content (AvgIpc) is 2.96. The fourth-order valence-corrected chi connectivity index (χ4v) is 7.36. The Kier molecular flexibility index (Phi) is 4.86. The Bertz CT molecular complexity index is 891. The third-order valence-corrected chi connectivity index (χ3v) is 8.59. The minimum Gasteiger partial charge on any atom is -0.378 e. The summed E-state index contributed by atoms with van der Waals surface area (Å²) >= 11 is 0. The highest BCUT2D eigenvalue weighted by molar-refractivity contribution is 7.96. The molecule has 2 heterocycles. The van der Waals surface area contributed by atoms with E-state index in [1.807, 2.05) is 0 Å². The molecule has 2 fully saturated rings. The molecule has 0 aliphatic carbocycles. The monoisotopic (exact) mass is 391 g/mol. The maximum absolute atomic E-state index is 14.1. The van der Waals surface area contributed by atoms with Crippen LogP contribution >= 0.6 is 0 Å². The lowest BCUT2D eigenvalue weighted by Crippen LogP contribution is -2.41. The van der Waals surface area contributed by atoms with E-state index in [1.165, 1.54) is 4.90 Å². The van der Waals surface area contributed by atoms with Gasteiger partial charge in [0.1, 0.15) is 5.82 Å². The van der Waals surface area contributed by atoms with Crippen molar-refractivity contribution < 1.29 is 30.8 Å². The van der Waals surface area contributed by atoms with Crippen molar-refractivity contribution in [2.24, 2.45) is 0 Å². The minimum atomic E-state index is -3.95. The zero-order chi connectivity index (χ0) is 18.2. The summed E-state index contributed by atoms with van der Waals surface area (Å²) in [6.07, 6.45) is 0.00872. The molecule has 0 radical (unpaired) electrons. The topological polar surface area (TPSA) is 97.8 Å². The number of hydrogen-bond donors (Lipinski definition) is 0. The number of nitrogens with zero attached hydrogens (tertiary/aromatic N) is 1. The van der Waals surface area contributed by atoms with Gasteiger partial charge in [-0.2, -0.15) is 0 Å². The number of sulfone groups is 2. The van der Waals surface area contributed by atoms with Gasteiger partial charge in [0.15, 0.2) is 19.7 Å². The van der Waals surface area contributed by atoms with Crippen LogP contribution < -0.4 is 0 Å². The normalized spacial score (nSPS) is 23.6. The van der Waals surface area contributed by atoms with Crippen molar-refractivity contribution in [2.45, 2.75) is 16.6 Å². The van der Waals surface area contributed by atoms with Crippen LogP contribution in [0.25, 0.3) is 0 Å². The van der Waals surface area contributed by atoms with Gasteiger partial charge in [-0.05, 0) is 24.6 Å². The van der Waals surface area contributed by atoms with Crippen LogP contribution in [0.5, 0.6) is 0 Å². The van der Waals surface area contributed by atoms with E-state index < -0.39 is 42.4 Å². The van der Waals surface area contributed by atoms with Crippen LogP contribution in [0.1, 0.15) is 16.8 Å². The van der Waals surface area contributed by atoms with Crippen LogP contribution in [-0.2, 0) is 24.4 Å². The Hall–Kier alpha value is -1.52. The predicted molar refractivity (Wildman–Crippen MR) is 87.4 cm³/mol. The molecule has 3 rings (SSSR count). The molecule has 1 atom stereocenters. The summed E-state index contributed by atoms with van der Waals surface area (Å²) in [6.45, 7) is 1.28. The van der Waals surface area contributed by atoms with Gasteiger partial charge >= 0.3 is 0 Å². The third kappa shape index (κ3) is 3.70. The number of amides is 1. The molecule has 1 aromatic carbocycles. The molecule has 2 aliphatic heterocycles. The second-order valence-corrected chi connectivity index (χ2v) is 10.6. The Morgan fingerprint density at radius 3 is 2.52 bits per heavy atom. The van der Waals surface area contributed by atoms with E-state index in [1.54, 1.807) is 0 Å². The average molecular weight is 391 g/mol. The molecule has 0 saturated carbocycles. The van der Waals surface area contributed by atoms with E-state index in [0.717, 1.165) is 18.2 Å². The zero-order valence-corrected chi connectivity index (χ0v) is 15.0. The smallest absolute Gasteiger partial charge is 0.257 e. The number of carbonyl (C=O) groups excluding carboxylic acids is 1. The molecular formula is C15H18FNO6S2. The summed E-state index contributed by atoms with van der Waals surface area (Å²) in [5.74, 6) is -2.04. The maximum Gasteiger partial charge on any atom is 0.257 e. The maximum atomic E-state index is 14.1. The van der Waals surface area contributed by atoms with Crippen LogP contribution in [-0.4, -0.2) is 70.7 Å². The molecule has 10 heteroatoms. The van der Waals surface area contributed by atoms with E-state index in [0.29, 0.717) is 26.3 Å². The summed E-state index contributed by atoms with van der Waals surface area (Å²) in [7, 11) is -7.34. The second kappa shape index (κ2) is 6.65. The van der Waals surface area contributed by atoms with Crippen LogP contribution in [0.4, 0.5) is 4.39 Å². The van der Waals surface area contributed by atoms with Gasteiger partial charge in [-0.15, -0.1) is 0 Å². The van der Waals surface area contributed by atoms with Gasteiger partial charge in [0.2, 0.25) is 0 Å². The number of benzene rings is 1. The van der Waals surface area contributed by atoms with Gasteiger partial charge in [-0.25, -0.2) is 21.2 Å². The standard InChI is InChI=1S/C15H18FNO6S2/c16-14-2-1-11(25(21,22)12-3-8-24(19,20)10-12)9-13(14)15(18)17-4-6-23-7-5-17/h1-2,9,12H,3-8,10H2/t12-/m1/s1. The highest BCUT2D eigenvalue weighted by Gasteiger charge is 2.38. The first-order chi connectivity index (χ1) is 11.7. The molecule has 25 heavy (non-hydrogen) atoms. The van der Waals surface area contributed by atoms with E-state index in [9.17, 15) is 26.0 Å². The molecule has 0 bridgehead atoms. The van der Waals surface area contributed by atoms with Gasteiger partial charge in [0, 0.05) is 13.1 Å². The molecule has 138 valence electrons. The number of rotatable bonds is 3. The van der Waals surface area contributed by atoms with Crippen molar-refractivity contribution in [1.82, 2.24) is 4.90 Å². The Balaban J connectivity index is 1.92. The van der Waals surface area contributed by atoms with Crippen LogP contribution in [0, 0.1) is 5.82 Å². The molecule has 2 saturated heterocycles. The van der Waals surface area contributed by atoms with Gasteiger partial charge < -0.3 is 9.64 Å². The molecule has 7 nitrogen and oxygen atoms in total. The summed E-state index contributed by atoms with van der Waals surface area (Å²) < 4.78 is 67.7. The van der Waals surface area contributed by atoms with E-state index >= 15 is 0 Å². The summed E-state index contributed by atoms with van der Waals surface area (Å²) in [4.78, 5) is 13.6. The van der Waals surface area contributed by atoms with Crippen molar-refractivity contribution in [2.75, 3.05) is 37.8 Å². The molecular weight excluding hydrogens is 373 g/mol. The van der Waals surface area contributed by atoms with Crippen molar-refractivity contribution in [3.05, 3.63) is 29.6 Å². The molecule has 1 amide bonds. The summed E-state index contributed by atoms with van der Waals surface area (Å²) in [5.41, 5.74) is -0.330. The minimum absolute atomic E-state index is 0.00872. The second-order valence-electron chi connectivity index (χ2n) is 6.12. The van der Waals surface area contributed by atoms with E-state index in [-0.39, 0.29) is 22.6 Å². The SMILES string of the molecule is O=C(c1cc(S(=O)(=O)[C@@H]2CCS(=O)(=O)C2)ccc1F)N1CCOCC1. The fourth-order valence-electron chi connectivity index (χ4n) is 2.98. The highest BCUT2D eigenvalue weighted by Crippen LogP contribution is 2.27. The van der Waals surface area contributed by atoms with Gasteiger partial charge in [-0.3, -0.25) is 4.79 Å². The van der Waals surface area contributed by atoms with Gasteiger partial charge in [0.05, 0.1) is 40.4 Å². The molecule has 2 aliphatic rings. The molecule has 0 unspecified atom stereocenters. The first-order valence-corrected chi connectivity index (χ1v) is 11.2. The zero-order valence-electron chi connectivity index (χ0n) is 13.4. The fraction of sp³-hybridized carbons (Fsp3) is 0.533. The number of hydrogen-bond acceptors (Lipinski definition) is 6. The number of morpholine rings is 1. The van der Waals surface area contributed by atoms with Crippen molar-refractivity contribution in [1.29, 1.82) is 0 Å².